The van der Waals surface area contributed by atoms with E-state index in [1.165, 1.54) is 0 Å². The van der Waals surface area contributed by atoms with E-state index in [2.05, 4.69) is 22.0 Å². The zero-order chi connectivity index (χ0) is 14.4. The molecule has 2 atom stereocenters. The van der Waals surface area contributed by atoms with Crippen molar-refractivity contribution in [3.05, 3.63) is 0 Å². The Kier molecular flexibility index (Phi) is 14.9. The molecule has 0 aromatic heterocycles. The van der Waals surface area contributed by atoms with E-state index in [1.54, 1.807) is 0 Å². The Balaban J connectivity index is 0. The van der Waals surface area contributed by atoms with E-state index in [-0.39, 0.29) is 55.1 Å². The van der Waals surface area contributed by atoms with Gasteiger partial charge in [0.05, 0.1) is 0 Å². The Morgan fingerprint density at radius 2 is 1.70 bits per heavy atom. The lowest BCUT2D eigenvalue weighted by molar-refractivity contribution is -0.126. The van der Waals surface area contributed by atoms with Crippen molar-refractivity contribution in [1.82, 2.24) is 15.1 Å². The van der Waals surface area contributed by atoms with Gasteiger partial charge in [0, 0.05) is 51.2 Å². The molecule has 2 unspecified atom stereocenters. The summed E-state index contributed by atoms with van der Waals surface area (Å²) in [5.74, 6) is 0.364. The maximum atomic E-state index is 12.1. The van der Waals surface area contributed by atoms with Gasteiger partial charge in [-0.15, -0.1) is 37.2 Å². The quantitative estimate of drug-likeness (QED) is 0.746. The average molecular weight is 392 g/mol. The molecule has 0 bridgehead atoms. The first kappa shape index (κ1) is 25.5. The first-order valence-corrected chi connectivity index (χ1v) is 8.17. The summed E-state index contributed by atoms with van der Waals surface area (Å²) < 4.78 is 0. The lowest BCUT2D eigenvalue weighted by Gasteiger charge is -2.34. The van der Waals surface area contributed by atoms with Crippen LogP contribution < -0.4 is 11.1 Å². The molecule has 2 aliphatic rings. The summed E-state index contributed by atoms with van der Waals surface area (Å²) in [6.07, 6.45) is 4.04. The van der Waals surface area contributed by atoms with Gasteiger partial charge in [-0.2, -0.15) is 0 Å². The van der Waals surface area contributed by atoms with Crippen molar-refractivity contribution in [2.24, 2.45) is 11.7 Å². The molecule has 0 radical (unpaired) electrons. The molecule has 1 amide bonds. The molecule has 0 aromatic carbocycles. The van der Waals surface area contributed by atoms with Crippen LogP contribution in [0.1, 0.15) is 32.6 Å². The molecule has 0 aromatic rings. The minimum atomic E-state index is 0. The van der Waals surface area contributed by atoms with Crippen molar-refractivity contribution in [2.45, 2.75) is 38.6 Å². The highest BCUT2D eigenvalue weighted by molar-refractivity contribution is 5.86. The fraction of sp³-hybridized carbons (Fsp3) is 0.933. The molecule has 1 saturated heterocycles. The van der Waals surface area contributed by atoms with Crippen LogP contribution >= 0.6 is 37.2 Å². The first-order chi connectivity index (χ1) is 9.69. The highest BCUT2D eigenvalue weighted by atomic mass is 35.5. The van der Waals surface area contributed by atoms with E-state index in [4.69, 9.17) is 5.73 Å². The molecule has 23 heavy (non-hydrogen) atoms. The Labute approximate surface area is 159 Å². The third-order valence-electron chi connectivity index (χ3n) is 4.72. The van der Waals surface area contributed by atoms with E-state index < -0.39 is 0 Å². The number of halogens is 3. The normalized spacial score (nSPS) is 25.5. The molecule has 5 nitrogen and oxygen atoms in total. The minimum absolute atomic E-state index is 0. The Morgan fingerprint density at radius 3 is 2.26 bits per heavy atom. The highest BCUT2D eigenvalue weighted by Crippen LogP contribution is 2.22. The summed E-state index contributed by atoms with van der Waals surface area (Å²) in [6.45, 7) is 9.66. The van der Waals surface area contributed by atoms with Gasteiger partial charge < -0.3 is 16.0 Å². The number of rotatable bonds is 5. The molecule has 2 fully saturated rings. The van der Waals surface area contributed by atoms with E-state index in [0.717, 1.165) is 71.5 Å². The molecular weight excluding hydrogens is 359 g/mol. The highest BCUT2D eigenvalue weighted by Gasteiger charge is 2.25. The van der Waals surface area contributed by atoms with Crippen LogP contribution in [0.3, 0.4) is 0 Å². The average Bonchev–Trinajstić information content (AvgIpc) is 2.48. The zero-order valence-electron chi connectivity index (χ0n) is 14.0. The number of nitrogens with one attached hydrogen (secondary N) is 1. The number of hydrogen-bond donors (Lipinski definition) is 2. The molecule has 8 heteroatoms. The van der Waals surface area contributed by atoms with Gasteiger partial charge in [-0.05, 0) is 25.8 Å². The van der Waals surface area contributed by atoms with Gasteiger partial charge in [0.15, 0.2) is 0 Å². The van der Waals surface area contributed by atoms with Crippen molar-refractivity contribution >= 4 is 43.1 Å². The van der Waals surface area contributed by atoms with Crippen molar-refractivity contribution in [1.29, 1.82) is 0 Å². The smallest absolute Gasteiger partial charge is 0.223 e. The summed E-state index contributed by atoms with van der Waals surface area (Å²) in [6, 6.07) is 0.224. The van der Waals surface area contributed by atoms with E-state index in [1.807, 2.05) is 0 Å². The largest absolute Gasteiger partial charge is 0.355 e. The van der Waals surface area contributed by atoms with Crippen LogP contribution in [-0.4, -0.2) is 67.6 Å². The fourth-order valence-corrected chi connectivity index (χ4v) is 3.28. The van der Waals surface area contributed by atoms with Crippen LogP contribution in [-0.2, 0) is 4.79 Å². The van der Waals surface area contributed by atoms with Crippen LogP contribution in [0.25, 0.3) is 0 Å². The molecule has 140 valence electrons. The molecule has 1 saturated carbocycles. The molecule has 3 N–H and O–H groups in total. The van der Waals surface area contributed by atoms with Gasteiger partial charge >= 0.3 is 0 Å². The number of piperazine rings is 1. The second kappa shape index (κ2) is 13.5. The van der Waals surface area contributed by atoms with Crippen molar-refractivity contribution in [3.8, 4) is 0 Å². The van der Waals surface area contributed by atoms with Crippen molar-refractivity contribution in [3.63, 3.8) is 0 Å². The van der Waals surface area contributed by atoms with Gasteiger partial charge in [0.1, 0.15) is 0 Å². The summed E-state index contributed by atoms with van der Waals surface area (Å²) in [7, 11) is 0. The molecule has 1 heterocycles. The zero-order valence-corrected chi connectivity index (χ0v) is 16.5. The predicted molar refractivity (Wildman–Crippen MR) is 103 cm³/mol. The lowest BCUT2D eigenvalue weighted by Crippen LogP contribution is -2.48. The number of carbonyl (C=O) groups excluding carboxylic acids is 1. The van der Waals surface area contributed by atoms with Gasteiger partial charge in [-0.25, -0.2) is 0 Å². The van der Waals surface area contributed by atoms with Crippen LogP contribution in [0.15, 0.2) is 0 Å². The summed E-state index contributed by atoms with van der Waals surface area (Å²) in [5, 5.41) is 3.10. The standard InChI is InChI=1S/C15H30N4O.3ClH/c1-2-18-8-10-19(11-9-18)7-6-17-15(20)13-4-3-5-14(16)12-13;;;/h13-14H,2-12,16H2,1H3,(H,17,20);3*1H. The number of carbonyl (C=O) groups is 1. The molecule has 0 spiro atoms. The summed E-state index contributed by atoms with van der Waals surface area (Å²) in [5.41, 5.74) is 5.94. The van der Waals surface area contributed by atoms with Crippen LogP contribution in [0, 0.1) is 5.92 Å². The third-order valence-corrected chi connectivity index (χ3v) is 4.72. The minimum Gasteiger partial charge on any atom is -0.355 e. The second-order valence-corrected chi connectivity index (χ2v) is 6.19. The molecule has 1 aliphatic carbocycles. The second-order valence-electron chi connectivity index (χ2n) is 6.19. The number of likely N-dealkylation sites (N-methyl/N-ethyl adjacent to an activating group) is 1. The van der Waals surface area contributed by atoms with Crippen LogP contribution in [0.2, 0.25) is 0 Å². The number of amides is 1. The summed E-state index contributed by atoms with van der Waals surface area (Å²) in [4.78, 5) is 17.0. The van der Waals surface area contributed by atoms with E-state index in [0.29, 0.717) is 0 Å². The molecule has 2 rings (SSSR count). The lowest BCUT2D eigenvalue weighted by atomic mass is 9.85. The number of hydrogen-bond acceptors (Lipinski definition) is 4. The van der Waals surface area contributed by atoms with Crippen molar-refractivity contribution < 1.29 is 4.79 Å². The Morgan fingerprint density at radius 1 is 1.09 bits per heavy atom. The van der Waals surface area contributed by atoms with Gasteiger partial charge in [0.2, 0.25) is 5.91 Å². The van der Waals surface area contributed by atoms with Crippen LogP contribution in [0.4, 0.5) is 0 Å². The van der Waals surface area contributed by atoms with Crippen molar-refractivity contribution in [2.75, 3.05) is 45.8 Å². The maximum absolute atomic E-state index is 12.1. The van der Waals surface area contributed by atoms with E-state index >= 15 is 0 Å². The SMILES string of the molecule is CCN1CCN(CCNC(=O)C2CCCC(N)C2)CC1.Cl.Cl.Cl. The third kappa shape index (κ3) is 8.75. The number of nitrogens with two attached hydrogens (primary N) is 1. The van der Waals surface area contributed by atoms with Gasteiger partial charge in [-0.1, -0.05) is 13.3 Å². The van der Waals surface area contributed by atoms with E-state index in [9.17, 15) is 4.79 Å². The molecular formula is C15H33Cl3N4O. The van der Waals surface area contributed by atoms with Gasteiger partial charge in [-0.3, -0.25) is 9.69 Å². The van der Waals surface area contributed by atoms with Crippen LogP contribution in [0.5, 0.6) is 0 Å². The predicted octanol–water partition coefficient (Wildman–Crippen LogP) is 1.52. The number of nitrogens with zero attached hydrogens (tertiary/aromatic N) is 2. The maximum Gasteiger partial charge on any atom is 0.223 e. The fourth-order valence-electron chi connectivity index (χ4n) is 3.28. The monoisotopic (exact) mass is 390 g/mol. The Hall–Kier alpha value is 0.220. The molecule has 1 aliphatic heterocycles. The Bertz CT molecular complexity index is 315. The first-order valence-electron chi connectivity index (χ1n) is 8.17. The topological polar surface area (TPSA) is 61.6 Å². The van der Waals surface area contributed by atoms with Gasteiger partial charge in [0.25, 0.3) is 0 Å². The summed E-state index contributed by atoms with van der Waals surface area (Å²) >= 11 is 0.